The highest BCUT2D eigenvalue weighted by atomic mass is 28.5. The van der Waals surface area contributed by atoms with Crippen LogP contribution in [0, 0.1) is 23.7 Å². The predicted molar refractivity (Wildman–Crippen MR) is 115 cm³/mol. The van der Waals surface area contributed by atoms with Crippen molar-refractivity contribution in [1.82, 2.24) is 0 Å². The van der Waals surface area contributed by atoms with Crippen molar-refractivity contribution in [3.8, 4) is 0 Å². The van der Waals surface area contributed by atoms with Gasteiger partial charge in [-0.3, -0.25) is 0 Å². The Hall–Kier alpha value is 0.548. The van der Waals surface area contributed by atoms with Crippen LogP contribution in [0.5, 0.6) is 0 Å². The summed E-state index contributed by atoms with van der Waals surface area (Å²) in [6.45, 7) is 15.2. The van der Waals surface area contributed by atoms with Crippen LogP contribution in [-0.4, -0.2) is 54.4 Å². The molecule has 0 aliphatic carbocycles. The minimum Gasteiger partial charge on any atom is -0.391 e. The van der Waals surface area contributed by atoms with E-state index in [-0.39, 0.29) is 47.8 Å². The van der Waals surface area contributed by atoms with Gasteiger partial charge in [-0.15, -0.1) is 0 Å². The fourth-order valence-electron chi connectivity index (χ4n) is 3.48. The van der Waals surface area contributed by atoms with Gasteiger partial charge >= 0.3 is 35.2 Å². The molecule has 0 aromatic carbocycles. The standard InChI is InChI=1S/C16H40O8Si4/c1-13(2)9-25(17)21-26(18,10-14(3)4)23-28(20,12-16(7)8)24-27(19,22-25)11-15(5)6/h13-20H,9-12H2,1-8H3. The molecule has 1 fully saturated rings. The van der Waals surface area contributed by atoms with E-state index in [9.17, 15) is 19.2 Å². The zero-order valence-electron chi connectivity index (χ0n) is 18.6. The molecule has 0 saturated carbocycles. The van der Waals surface area contributed by atoms with Gasteiger partial charge in [-0.1, -0.05) is 55.4 Å². The van der Waals surface area contributed by atoms with Gasteiger partial charge in [0.1, 0.15) is 0 Å². The van der Waals surface area contributed by atoms with Gasteiger partial charge in [0.2, 0.25) is 0 Å². The average Bonchev–Trinajstić information content (AvgIpc) is 2.28. The Bertz CT molecular complexity index is 407. The van der Waals surface area contributed by atoms with Gasteiger partial charge in [0.15, 0.2) is 0 Å². The van der Waals surface area contributed by atoms with Crippen LogP contribution in [0.25, 0.3) is 0 Å². The Morgan fingerprint density at radius 2 is 0.571 bits per heavy atom. The summed E-state index contributed by atoms with van der Waals surface area (Å²) >= 11 is 0. The Labute approximate surface area is 174 Å². The highest BCUT2D eigenvalue weighted by Crippen LogP contribution is 2.37. The molecule has 0 aromatic heterocycles. The molecule has 1 aliphatic heterocycles. The summed E-state index contributed by atoms with van der Waals surface area (Å²) in [6.07, 6.45) is 0. The van der Waals surface area contributed by atoms with E-state index in [4.69, 9.17) is 16.5 Å². The van der Waals surface area contributed by atoms with Gasteiger partial charge in [-0.2, -0.15) is 0 Å². The first-order chi connectivity index (χ1) is 12.5. The molecular weight excluding hydrogens is 433 g/mol. The van der Waals surface area contributed by atoms with Gasteiger partial charge < -0.3 is 35.6 Å². The predicted octanol–water partition coefficient (Wildman–Crippen LogP) is 2.42. The smallest absolute Gasteiger partial charge is 0.391 e. The topological polar surface area (TPSA) is 118 Å². The summed E-state index contributed by atoms with van der Waals surface area (Å²) in [7, 11) is -16.0. The molecule has 168 valence electrons. The maximum Gasteiger partial charge on any atom is 0.483 e. The molecule has 8 nitrogen and oxygen atoms in total. The molecule has 12 heteroatoms. The van der Waals surface area contributed by atoms with Crippen LogP contribution >= 0.6 is 0 Å². The fourth-order valence-corrected chi connectivity index (χ4v) is 20.4. The summed E-state index contributed by atoms with van der Waals surface area (Å²) in [5, 5.41) is 0. The maximum atomic E-state index is 11.2. The van der Waals surface area contributed by atoms with Crippen molar-refractivity contribution in [2.45, 2.75) is 79.6 Å². The molecule has 0 atom stereocenters. The van der Waals surface area contributed by atoms with Crippen LogP contribution in [0.15, 0.2) is 0 Å². The lowest BCUT2D eigenvalue weighted by Gasteiger charge is -2.46. The second kappa shape index (κ2) is 9.78. The third kappa shape index (κ3) is 8.73. The van der Waals surface area contributed by atoms with E-state index in [0.29, 0.717) is 0 Å². The summed E-state index contributed by atoms with van der Waals surface area (Å²) in [6, 6.07) is 0.630. The van der Waals surface area contributed by atoms with Crippen molar-refractivity contribution in [2.24, 2.45) is 23.7 Å². The van der Waals surface area contributed by atoms with Crippen LogP contribution in [0.4, 0.5) is 0 Å². The molecule has 0 radical (unpaired) electrons. The van der Waals surface area contributed by atoms with Gasteiger partial charge in [0.25, 0.3) is 0 Å². The summed E-state index contributed by atoms with van der Waals surface area (Å²) in [5.74, 6) is 0.0462. The van der Waals surface area contributed by atoms with E-state index in [0.717, 1.165) is 0 Å². The van der Waals surface area contributed by atoms with Gasteiger partial charge in [-0.25, -0.2) is 0 Å². The number of rotatable bonds is 8. The van der Waals surface area contributed by atoms with Crippen LogP contribution < -0.4 is 0 Å². The van der Waals surface area contributed by atoms with E-state index in [2.05, 4.69) is 0 Å². The molecule has 0 unspecified atom stereocenters. The third-order valence-corrected chi connectivity index (χ3v) is 19.5. The molecule has 1 rings (SSSR count). The van der Waals surface area contributed by atoms with Crippen molar-refractivity contribution in [1.29, 1.82) is 0 Å². The molecule has 28 heavy (non-hydrogen) atoms. The van der Waals surface area contributed by atoms with Crippen molar-refractivity contribution in [2.75, 3.05) is 0 Å². The van der Waals surface area contributed by atoms with Crippen LogP contribution in [0.1, 0.15) is 55.4 Å². The first kappa shape index (κ1) is 26.6. The highest BCUT2D eigenvalue weighted by Gasteiger charge is 2.64. The first-order valence-electron chi connectivity index (χ1n) is 10.2. The van der Waals surface area contributed by atoms with E-state index < -0.39 is 35.2 Å². The Morgan fingerprint density at radius 3 is 0.679 bits per heavy atom. The second-order valence-corrected chi connectivity index (χ2v) is 20.3. The zero-order valence-corrected chi connectivity index (χ0v) is 22.6. The monoisotopic (exact) mass is 472 g/mol. The van der Waals surface area contributed by atoms with Crippen molar-refractivity contribution in [3.05, 3.63) is 0 Å². The SMILES string of the molecule is CC(C)C[Si]1(O)O[Si](O)(CC(C)C)O[Si](O)(CC(C)C)O[Si](O)(CC(C)C)O1. The number of hydrogen-bond acceptors (Lipinski definition) is 8. The minimum absolute atomic E-state index is 0.0116. The van der Waals surface area contributed by atoms with Crippen molar-refractivity contribution in [3.63, 3.8) is 0 Å². The fraction of sp³-hybridized carbons (Fsp3) is 1.00. The quantitative estimate of drug-likeness (QED) is 0.398. The summed E-state index contributed by atoms with van der Waals surface area (Å²) in [4.78, 5) is 44.9. The molecule has 0 spiro atoms. The van der Waals surface area contributed by atoms with Crippen molar-refractivity contribution >= 4 is 35.2 Å². The molecule has 0 bridgehead atoms. The molecule has 4 N–H and O–H groups in total. The maximum absolute atomic E-state index is 11.2. The number of hydrogen-bond donors (Lipinski definition) is 4. The van der Waals surface area contributed by atoms with Crippen LogP contribution in [0.3, 0.4) is 0 Å². The van der Waals surface area contributed by atoms with E-state index in [1.54, 1.807) is 0 Å². The minimum atomic E-state index is -4.00. The van der Waals surface area contributed by atoms with E-state index in [1.165, 1.54) is 0 Å². The van der Waals surface area contributed by atoms with E-state index in [1.807, 2.05) is 55.4 Å². The van der Waals surface area contributed by atoms with Gasteiger partial charge in [0.05, 0.1) is 0 Å². The molecule has 1 aliphatic rings. The lowest BCUT2D eigenvalue weighted by atomic mass is 10.3. The largest absolute Gasteiger partial charge is 0.483 e. The molecule has 0 aromatic rings. The zero-order chi connectivity index (χ0) is 22.0. The lowest BCUT2D eigenvalue weighted by Crippen LogP contribution is -2.71. The third-order valence-electron chi connectivity index (χ3n) is 3.94. The van der Waals surface area contributed by atoms with Crippen molar-refractivity contribution < 1.29 is 35.6 Å². The molecule has 1 heterocycles. The molecule has 1 saturated heterocycles. The second-order valence-electron chi connectivity index (χ2n) is 9.65. The lowest BCUT2D eigenvalue weighted by molar-refractivity contribution is 0.0620. The Morgan fingerprint density at radius 1 is 0.429 bits per heavy atom. The summed E-state index contributed by atoms with van der Waals surface area (Å²) < 4.78 is 23.4. The highest BCUT2D eigenvalue weighted by molar-refractivity contribution is 6.87. The average molecular weight is 473 g/mol. The Kier molecular flexibility index (Phi) is 9.29. The first-order valence-corrected chi connectivity index (χ1v) is 18.1. The van der Waals surface area contributed by atoms with Crippen LogP contribution in [0.2, 0.25) is 24.2 Å². The van der Waals surface area contributed by atoms with Gasteiger partial charge in [-0.05, 0) is 23.7 Å². The Balaban J connectivity index is 3.40. The molecule has 0 amide bonds. The normalized spacial score (nSPS) is 37.7. The van der Waals surface area contributed by atoms with Gasteiger partial charge in [0, 0.05) is 24.2 Å². The molecular formula is C16H40O8Si4. The summed E-state index contributed by atoms with van der Waals surface area (Å²) in [5.41, 5.74) is 0. The van der Waals surface area contributed by atoms with E-state index >= 15 is 0 Å². The van der Waals surface area contributed by atoms with Crippen LogP contribution in [-0.2, 0) is 16.5 Å².